The first kappa shape index (κ1) is 26.5. The van der Waals surface area contributed by atoms with Crippen LogP contribution in [-0.4, -0.2) is 33.0 Å². The van der Waals surface area contributed by atoms with Crippen molar-refractivity contribution in [2.24, 2.45) is 0 Å². The Hall–Kier alpha value is -4.61. The van der Waals surface area contributed by atoms with Crippen LogP contribution in [0.3, 0.4) is 0 Å². The third-order valence-corrected chi connectivity index (χ3v) is 6.32. The molecule has 0 fully saturated rings. The van der Waals surface area contributed by atoms with Crippen LogP contribution in [0.5, 0.6) is 11.5 Å². The van der Waals surface area contributed by atoms with Gasteiger partial charge in [-0.3, -0.25) is 14.4 Å². The number of aromatic nitrogens is 2. The molecule has 0 aliphatic rings. The summed E-state index contributed by atoms with van der Waals surface area (Å²) in [6.45, 7) is 9.34. The molecule has 0 saturated heterocycles. The molecule has 2 heterocycles. The lowest BCUT2D eigenvalue weighted by Crippen LogP contribution is -2.26. The van der Waals surface area contributed by atoms with Crippen LogP contribution in [0.4, 0.5) is 0 Å². The number of amides is 1. The fourth-order valence-electron chi connectivity index (χ4n) is 4.31. The number of nitrogens with one attached hydrogen (secondary N) is 2. The number of rotatable bonds is 6. The van der Waals surface area contributed by atoms with Gasteiger partial charge in [-0.25, -0.2) is 4.57 Å². The number of aryl methyl sites for hydroxylation is 2. The first-order valence-electron chi connectivity index (χ1n) is 12.1. The minimum absolute atomic E-state index is 0.0408. The Kier molecular flexibility index (Phi) is 6.99. The number of H-pyrrole nitrogens is 1. The maximum absolute atomic E-state index is 13.2. The number of fused-ring (bicyclic) bond motifs is 1. The van der Waals surface area contributed by atoms with Gasteiger partial charge in [0.1, 0.15) is 22.7 Å². The predicted octanol–water partition coefficient (Wildman–Crippen LogP) is 4.66. The Bertz CT molecular complexity index is 1660. The summed E-state index contributed by atoms with van der Waals surface area (Å²) in [7, 11) is 0. The third kappa shape index (κ3) is 4.84. The average Bonchev–Trinajstić information content (AvgIpc) is 3.32. The van der Waals surface area contributed by atoms with Crippen LogP contribution in [0.1, 0.15) is 52.7 Å². The Balaban J connectivity index is 2.08. The summed E-state index contributed by atoms with van der Waals surface area (Å²) < 4.78 is 7.24. The zero-order valence-corrected chi connectivity index (χ0v) is 21.9. The second-order valence-corrected chi connectivity index (χ2v) is 9.59. The van der Waals surface area contributed by atoms with Gasteiger partial charge in [-0.1, -0.05) is 24.3 Å². The van der Waals surface area contributed by atoms with Crippen LogP contribution in [0.2, 0.25) is 0 Å². The van der Waals surface area contributed by atoms with Crippen molar-refractivity contribution in [3.05, 3.63) is 81.4 Å². The molecule has 4 rings (SSSR count). The van der Waals surface area contributed by atoms with Gasteiger partial charge in [-0.2, -0.15) is 0 Å². The smallest absolute Gasteiger partial charge is 0.309 e. The monoisotopic (exact) mass is 511 g/mol. The average molecular weight is 512 g/mol. The van der Waals surface area contributed by atoms with Crippen LogP contribution in [0.15, 0.2) is 53.5 Å². The van der Waals surface area contributed by atoms with Crippen LogP contribution < -0.4 is 15.6 Å². The van der Waals surface area contributed by atoms with E-state index in [-0.39, 0.29) is 11.2 Å². The number of ether oxygens (including phenoxy) is 1. The lowest BCUT2D eigenvalue weighted by atomic mass is 9.93. The van der Waals surface area contributed by atoms with Crippen molar-refractivity contribution in [3.8, 4) is 35.0 Å². The highest BCUT2D eigenvalue weighted by molar-refractivity contribution is 6.05. The molecule has 3 N–H and O–H groups in total. The van der Waals surface area contributed by atoms with Gasteiger partial charge in [0.25, 0.3) is 11.5 Å². The molecular weight excluding hydrogens is 482 g/mol. The number of hydrogen-bond acceptors (Lipinski definition) is 5. The first-order valence-corrected chi connectivity index (χ1v) is 12.1. The molecule has 0 spiro atoms. The normalized spacial score (nSPS) is 11.3. The fraction of sp³-hybridized carbons (Fsp3) is 0.233. The summed E-state index contributed by atoms with van der Waals surface area (Å²) in [5, 5.41) is 13.9. The van der Waals surface area contributed by atoms with E-state index in [4.69, 9.17) is 11.2 Å². The number of hydrogen-bond donors (Lipinski definition) is 3. The van der Waals surface area contributed by atoms with Crippen molar-refractivity contribution in [1.82, 2.24) is 14.9 Å². The summed E-state index contributed by atoms with van der Waals surface area (Å²) in [4.78, 5) is 41.2. The van der Waals surface area contributed by atoms with E-state index >= 15 is 0 Å². The molecule has 2 aromatic heterocycles. The number of carbonyl (C=O) groups excluding carboxylic acids is 2. The molecule has 2 aromatic carbocycles. The highest BCUT2D eigenvalue weighted by Crippen LogP contribution is 2.40. The van der Waals surface area contributed by atoms with Gasteiger partial charge < -0.3 is 20.1 Å². The number of aliphatic hydroxyl groups is 1. The van der Waals surface area contributed by atoms with E-state index < -0.39 is 23.0 Å². The maximum atomic E-state index is 13.2. The molecule has 0 bridgehead atoms. The SMILES string of the molecule is C#CC(=O)n1cc(-c2cc(C(C)(C)O)ccc2Oc2c(C)cccc2C)c2cc(C(=O)NCC)[nH]c2c1=O. The highest BCUT2D eigenvalue weighted by atomic mass is 16.5. The van der Waals surface area contributed by atoms with Crippen molar-refractivity contribution in [2.75, 3.05) is 6.54 Å². The van der Waals surface area contributed by atoms with Crippen LogP contribution in [0, 0.1) is 26.2 Å². The summed E-state index contributed by atoms with van der Waals surface area (Å²) >= 11 is 0. The molecule has 0 saturated carbocycles. The van der Waals surface area contributed by atoms with E-state index in [1.165, 1.54) is 6.20 Å². The molecule has 0 atom stereocenters. The zero-order chi connectivity index (χ0) is 27.8. The first-order chi connectivity index (χ1) is 18.0. The van der Waals surface area contributed by atoms with Gasteiger partial charge in [0.05, 0.1) is 5.60 Å². The van der Waals surface area contributed by atoms with Gasteiger partial charge in [0.2, 0.25) is 0 Å². The largest absolute Gasteiger partial charge is 0.456 e. The van der Waals surface area contributed by atoms with Gasteiger partial charge in [-0.15, -0.1) is 6.42 Å². The quantitative estimate of drug-likeness (QED) is 0.326. The molecule has 0 aliphatic heterocycles. The predicted molar refractivity (Wildman–Crippen MR) is 147 cm³/mol. The van der Waals surface area contributed by atoms with Crippen molar-refractivity contribution in [1.29, 1.82) is 0 Å². The molecular formula is C30H29N3O5. The number of benzene rings is 2. The molecule has 0 radical (unpaired) electrons. The van der Waals surface area contributed by atoms with Crippen molar-refractivity contribution in [2.45, 2.75) is 40.2 Å². The lowest BCUT2D eigenvalue weighted by Gasteiger charge is -2.22. The van der Waals surface area contributed by atoms with Crippen LogP contribution in [0.25, 0.3) is 22.0 Å². The van der Waals surface area contributed by atoms with E-state index in [1.54, 1.807) is 45.0 Å². The summed E-state index contributed by atoms with van der Waals surface area (Å²) in [5.41, 5.74) is 1.65. The van der Waals surface area contributed by atoms with E-state index in [9.17, 15) is 19.5 Å². The van der Waals surface area contributed by atoms with Gasteiger partial charge in [-0.05, 0) is 75.4 Å². The molecule has 4 aromatic rings. The van der Waals surface area contributed by atoms with Crippen molar-refractivity contribution in [3.63, 3.8) is 0 Å². The highest BCUT2D eigenvalue weighted by Gasteiger charge is 2.24. The second-order valence-electron chi connectivity index (χ2n) is 9.59. The van der Waals surface area contributed by atoms with E-state index in [2.05, 4.69) is 10.3 Å². The van der Waals surface area contributed by atoms with Gasteiger partial charge >= 0.3 is 5.91 Å². The fourth-order valence-corrected chi connectivity index (χ4v) is 4.31. The molecule has 1 amide bonds. The van der Waals surface area contributed by atoms with Crippen molar-refractivity contribution < 1.29 is 19.4 Å². The number of para-hydroxylation sites is 1. The van der Waals surface area contributed by atoms with Crippen molar-refractivity contribution >= 4 is 22.7 Å². The molecule has 0 unspecified atom stereocenters. The Morgan fingerprint density at radius 3 is 2.42 bits per heavy atom. The maximum Gasteiger partial charge on any atom is 0.309 e. The third-order valence-electron chi connectivity index (χ3n) is 6.32. The van der Waals surface area contributed by atoms with Gasteiger partial charge in [0.15, 0.2) is 0 Å². The Labute approximate surface area is 220 Å². The van der Waals surface area contributed by atoms with Crippen LogP contribution >= 0.6 is 0 Å². The number of nitrogens with zero attached hydrogens (tertiary/aromatic N) is 1. The molecule has 194 valence electrons. The summed E-state index contributed by atoms with van der Waals surface area (Å²) in [6, 6.07) is 12.6. The zero-order valence-electron chi connectivity index (χ0n) is 21.9. The minimum atomic E-state index is -1.20. The van der Waals surface area contributed by atoms with Gasteiger partial charge in [0, 0.05) is 29.3 Å². The van der Waals surface area contributed by atoms with E-state index in [0.717, 1.165) is 15.7 Å². The van der Waals surface area contributed by atoms with E-state index in [1.807, 2.05) is 38.0 Å². The number of pyridine rings is 1. The lowest BCUT2D eigenvalue weighted by molar-refractivity contribution is 0.0785. The molecule has 0 aliphatic carbocycles. The summed E-state index contributed by atoms with van der Waals surface area (Å²) in [6.07, 6.45) is 6.70. The standard InChI is InChI=1S/C30H29N3O5/c1-7-25(34)33-16-22(21-15-23(28(35)31-8-2)32-26(21)29(33)36)20-14-19(30(5,6)37)12-13-24(20)38-27-17(3)10-9-11-18(27)4/h1,9-16,32,37H,8H2,2-6H3,(H,31,35). The topological polar surface area (TPSA) is 113 Å². The molecule has 8 heteroatoms. The number of carbonyl (C=O) groups is 2. The molecule has 8 nitrogen and oxygen atoms in total. The second kappa shape index (κ2) is 10.0. The number of terminal acetylenes is 1. The molecule has 38 heavy (non-hydrogen) atoms. The number of aromatic amines is 1. The van der Waals surface area contributed by atoms with E-state index in [0.29, 0.717) is 40.1 Å². The Morgan fingerprint density at radius 2 is 1.82 bits per heavy atom. The Morgan fingerprint density at radius 1 is 1.13 bits per heavy atom. The van der Waals surface area contributed by atoms with Crippen LogP contribution in [-0.2, 0) is 5.60 Å². The summed E-state index contributed by atoms with van der Waals surface area (Å²) in [5.74, 6) is 1.81. The minimum Gasteiger partial charge on any atom is -0.456 e.